The Morgan fingerprint density at radius 3 is 2.22 bits per heavy atom. The fraction of sp³-hybridized carbons (Fsp3) is 0.382. The molecule has 0 fully saturated rings. The monoisotopic (exact) mass is 751 g/mol. The average Bonchev–Trinajstić information content (AvgIpc) is 3.42. The van der Waals surface area contributed by atoms with Crippen LogP contribution in [0.1, 0.15) is 33.3 Å². The summed E-state index contributed by atoms with van der Waals surface area (Å²) in [4.78, 5) is 9.61. The van der Waals surface area contributed by atoms with E-state index in [1.54, 1.807) is 50.5 Å². The highest BCUT2D eigenvalue weighted by atomic mass is 32.2. The number of anilines is 2. The first-order valence-electron chi connectivity index (χ1n) is 15.9. The van der Waals surface area contributed by atoms with Gasteiger partial charge in [-0.05, 0) is 59.1 Å². The van der Waals surface area contributed by atoms with Gasteiger partial charge in [0.25, 0.3) is 5.60 Å². The highest BCUT2D eigenvalue weighted by molar-refractivity contribution is 7.90. The second kappa shape index (κ2) is 12.9. The predicted molar refractivity (Wildman–Crippen MR) is 189 cm³/mol. The van der Waals surface area contributed by atoms with Crippen LogP contribution in [-0.2, 0) is 16.5 Å². The summed E-state index contributed by atoms with van der Waals surface area (Å²) in [6, 6.07) is 11.8. The molecule has 0 aliphatic heterocycles. The molecule has 5 rings (SSSR count). The lowest BCUT2D eigenvalue weighted by molar-refractivity contribution is -0.372. The van der Waals surface area contributed by atoms with Gasteiger partial charge >= 0.3 is 12.4 Å². The molecule has 0 aliphatic rings. The third-order valence-corrected chi connectivity index (χ3v) is 17.1. The van der Waals surface area contributed by atoms with E-state index in [-0.39, 0.29) is 15.9 Å². The Morgan fingerprint density at radius 1 is 0.941 bits per heavy atom. The van der Waals surface area contributed by atoms with Crippen molar-refractivity contribution in [2.75, 3.05) is 11.9 Å². The van der Waals surface area contributed by atoms with Crippen molar-refractivity contribution in [1.29, 1.82) is 4.78 Å². The van der Waals surface area contributed by atoms with Gasteiger partial charge in [-0.15, -0.1) is 0 Å². The predicted octanol–water partition coefficient (Wildman–Crippen LogP) is 8.20. The van der Waals surface area contributed by atoms with Crippen LogP contribution in [0.3, 0.4) is 0 Å². The normalized spacial score (nSPS) is 14.6. The molecule has 274 valence electrons. The number of pyridine rings is 2. The molecule has 1 atom stereocenters. The first-order chi connectivity index (χ1) is 23.4. The van der Waals surface area contributed by atoms with Crippen molar-refractivity contribution in [2.24, 2.45) is 0 Å². The van der Waals surface area contributed by atoms with Crippen LogP contribution in [0, 0.1) is 11.7 Å². The molecule has 0 spiro atoms. The number of benzene rings is 2. The number of nitrogens with zero attached hydrogens (tertiary/aromatic N) is 4. The van der Waals surface area contributed by atoms with Crippen molar-refractivity contribution in [1.82, 2.24) is 24.5 Å². The molecular weight excluding hydrogens is 713 g/mol. The number of alkyl halides is 6. The molecule has 2 aromatic carbocycles. The zero-order chi connectivity index (χ0) is 37.9. The maximum atomic E-state index is 13.5. The van der Waals surface area contributed by atoms with Gasteiger partial charge in [0.15, 0.2) is 0 Å². The number of aryl methyl sites for hydroxylation is 1. The Morgan fingerprint density at radius 2 is 1.61 bits per heavy atom. The minimum atomic E-state index is -5.99. The smallest absolute Gasteiger partial charge is 0.372 e. The maximum Gasteiger partial charge on any atom is 0.428 e. The van der Waals surface area contributed by atoms with Crippen LogP contribution < -0.4 is 15.2 Å². The van der Waals surface area contributed by atoms with Gasteiger partial charge in [0.2, 0.25) is 0 Å². The summed E-state index contributed by atoms with van der Waals surface area (Å²) in [6.45, 7) is 12.7. The van der Waals surface area contributed by atoms with Gasteiger partial charge in [-0.25, -0.2) is 18.7 Å². The summed E-state index contributed by atoms with van der Waals surface area (Å²) in [5.74, 6) is 0.453. The number of aliphatic hydroxyl groups is 1. The van der Waals surface area contributed by atoms with Crippen LogP contribution >= 0.6 is 0 Å². The summed E-state index contributed by atoms with van der Waals surface area (Å²) in [6.07, 6.45) is -7.60. The number of nitrogens with one attached hydrogen (secondary N) is 3. The Kier molecular flexibility index (Phi) is 9.62. The molecule has 0 aliphatic carbocycles. The zero-order valence-corrected chi connectivity index (χ0v) is 30.8. The highest BCUT2D eigenvalue weighted by Gasteiger charge is 2.70. The fourth-order valence-corrected chi connectivity index (χ4v) is 10.2. The molecule has 9 nitrogen and oxygen atoms in total. The van der Waals surface area contributed by atoms with Crippen molar-refractivity contribution < 1.29 is 35.7 Å². The Balaban J connectivity index is 1.57. The summed E-state index contributed by atoms with van der Waals surface area (Å²) in [5.41, 5.74) is -2.81. The number of rotatable bonds is 9. The van der Waals surface area contributed by atoms with Crippen molar-refractivity contribution in [3.63, 3.8) is 0 Å². The molecule has 0 saturated heterocycles. The van der Waals surface area contributed by atoms with Crippen molar-refractivity contribution in [3.8, 4) is 11.3 Å². The van der Waals surface area contributed by atoms with E-state index < -0.39 is 42.5 Å². The van der Waals surface area contributed by atoms with Crippen LogP contribution in [0.25, 0.3) is 32.9 Å². The molecule has 0 radical (unpaired) electrons. The molecule has 0 saturated carbocycles. The van der Waals surface area contributed by atoms with E-state index in [0.717, 1.165) is 16.8 Å². The molecular formula is C34H39F6N7O2SSi. The number of hydrogen-bond acceptors (Lipinski definition) is 7. The summed E-state index contributed by atoms with van der Waals surface area (Å²) < 4.78 is 106. The molecule has 3 aromatic heterocycles. The third kappa shape index (κ3) is 6.83. The highest BCUT2D eigenvalue weighted by Crippen LogP contribution is 2.45. The molecule has 5 aromatic rings. The fourth-order valence-electron chi connectivity index (χ4n) is 5.76. The zero-order valence-electron chi connectivity index (χ0n) is 29.0. The third-order valence-electron chi connectivity index (χ3n) is 9.77. The van der Waals surface area contributed by atoms with Gasteiger partial charge in [-0.3, -0.25) is 9.67 Å². The maximum absolute atomic E-state index is 13.5. The van der Waals surface area contributed by atoms with Crippen LogP contribution in [0.4, 0.5) is 37.8 Å². The van der Waals surface area contributed by atoms with Crippen molar-refractivity contribution in [2.45, 2.75) is 82.1 Å². The lowest BCUT2D eigenvalue weighted by Gasteiger charge is -2.39. The van der Waals surface area contributed by atoms with E-state index in [1.807, 2.05) is 6.07 Å². The van der Waals surface area contributed by atoms with Gasteiger partial charge in [0.05, 0.1) is 36.9 Å². The molecule has 3 heterocycles. The molecule has 0 bridgehead atoms. The van der Waals surface area contributed by atoms with Crippen LogP contribution in [0.2, 0.25) is 18.1 Å². The Labute approximate surface area is 292 Å². The Bertz CT molecular complexity index is 2220. The largest absolute Gasteiger partial charge is 0.428 e. The van der Waals surface area contributed by atoms with E-state index in [0.29, 0.717) is 49.8 Å². The molecule has 17 heteroatoms. The van der Waals surface area contributed by atoms with E-state index in [9.17, 15) is 35.7 Å². The van der Waals surface area contributed by atoms with Crippen molar-refractivity contribution in [3.05, 3.63) is 66.6 Å². The number of fused-ring (bicyclic) bond motifs is 2. The van der Waals surface area contributed by atoms with Gasteiger partial charge in [-0.2, -0.15) is 31.4 Å². The molecule has 1 unspecified atom stereocenters. The van der Waals surface area contributed by atoms with Crippen LogP contribution in [0.15, 0.2) is 66.0 Å². The lowest BCUT2D eigenvalue weighted by atomic mass is 9.98. The first-order valence-corrected chi connectivity index (χ1v) is 20.5. The summed E-state index contributed by atoms with van der Waals surface area (Å²) in [7, 11) is -5.58. The second-order valence-electron chi connectivity index (χ2n) is 14.0. The van der Waals surface area contributed by atoms with Gasteiger partial charge in [0.1, 0.15) is 15.7 Å². The molecule has 4 N–H and O–H groups in total. The van der Waals surface area contributed by atoms with E-state index >= 15 is 0 Å². The first kappa shape index (κ1) is 38.2. The van der Waals surface area contributed by atoms with Crippen molar-refractivity contribution >= 4 is 56.4 Å². The Hall–Kier alpha value is -4.06. The number of halogens is 6. The lowest BCUT2D eigenvalue weighted by Crippen LogP contribution is -2.59. The average molecular weight is 752 g/mol. The van der Waals surface area contributed by atoms with Crippen LogP contribution in [0.5, 0.6) is 0 Å². The standard InChI is InChI=1S/C34H39F6N7O2SSi/c1-8-45-50(41,49)27-12-9-22(15-28(27)51(6,7)31(3,4)5)46-29-16-24-21(17-43-29)13-14-42-30(24)23-10-11-26-25(20(23)2)18-44-47(26)19-32(48,33(35,36)37)34(38,39)40/h9-18,48H,8,19H2,1-7H3,(H,43,46)(H2,41,45,49). The number of aromatic nitrogens is 4. The van der Waals surface area contributed by atoms with E-state index in [2.05, 4.69) is 59.0 Å². The number of hydrogen-bond donors (Lipinski definition) is 4. The van der Waals surface area contributed by atoms with Gasteiger partial charge < -0.3 is 10.4 Å². The van der Waals surface area contributed by atoms with Crippen LogP contribution in [-0.4, -0.2) is 61.6 Å². The SMILES string of the molecule is CCNS(=N)(=O)c1ccc(Nc2cc3c(-c4ccc5c(cnn5CC(O)(C(F)(F)F)C(F)(F)F)c4C)nccc3cn2)cc1[Si](C)(C)C(C)(C)C. The topological polar surface area (TPSA) is 129 Å². The summed E-state index contributed by atoms with van der Waals surface area (Å²) >= 11 is 0. The van der Waals surface area contributed by atoms with Gasteiger partial charge in [-0.1, -0.05) is 46.9 Å². The quantitative estimate of drug-likeness (QED) is 0.0889. The summed E-state index contributed by atoms with van der Waals surface area (Å²) in [5, 5.41) is 19.3. The molecule has 51 heavy (non-hydrogen) atoms. The van der Waals surface area contributed by atoms with E-state index in [1.165, 1.54) is 12.1 Å². The second-order valence-corrected chi connectivity index (χ2v) is 21.2. The van der Waals surface area contributed by atoms with Gasteiger partial charge in [0, 0.05) is 46.3 Å². The minimum absolute atomic E-state index is 0.0285. The van der Waals surface area contributed by atoms with E-state index in [4.69, 9.17) is 4.78 Å². The molecule has 0 amide bonds. The minimum Gasteiger partial charge on any atom is -0.372 e.